The number of benzene rings is 1. The van der Waals surface area contributed by atoms with Crippen molar-refractivity contribution in [2.45, 2.75) is 19.9 Å². The molecule has 0 aliphatic carbocycles. The van der Waals surface area contributed by atoms with Crippen LogP contribution in [0.3, 0.4) is 0 Å². The fourth-order valence-electron chi connectivity index (χ4n) is 2.14. The van der Waals surface area contributed by atoms with Gasteiger partial charge in [0, 0.05) is 6.04 Å². The molecule has 0 aliphatic rings. The Balaban J connectivity index is 3.02. The van der Waals surface area contributed by atoms with Crippen molar-refractivity contribution in [1.82, 2.24) is 5.32 Å². The van der Waals surface area contributed by atoms with E-state index in [0.29, 0.717) is 0 Å². The van der Waals surface area contributed by atoms with Crippen LogP contribution in [0, 0.1) is 11.8 Å². The summed E-state index contributed by atoms with van der Waals surface area (Å²) in [6.45, 7) is 4.07. The fourth-order valence-corrected chi connectivity index (χ4v) is 2.14. The Morgan fingerprint density at radius 2 is 1.82 bits per heavy atom. The van der Waals surface area contributed by atoms with E-state index in [4.69, 9.17) is 4.74 Å². The minimum Gasteiger partial charge on any atom is -0.469 e. The molecule has 0 bridgehead atoms. The van der Waals surface area contributed by atoms with Crippen molar-refractivity contribution in [3.63, 3.8) is 0 Å². The van der Waals surface area contributed by atoms with Crippen molar-refractivity contribution in [2.75, 3.05) is 14.2 Å². The van der Waals surface area contributed by atoms with Gasteiger partial charge in [0.15, 0.2) is 0 Å². The number of hydrogen-bond acceptors (Lipinski definition) is 3. The van der Waals surface area contributed by atoms with Gasteiger partial charge in [0.1, 0.15) is 0 Å². The number of hydrogen-bond donors (Lipinski definition) is 1. The molecule has 94 valence electrons. The second-order valence-electron chi connectivity index (χ2n) is 4.47. The van der Waals surface area contributed by atoms with Gasteiger partial charge in [-0.05, 0) is 18.5 Å². The molecule has 1 N–H and O–H groups in total. The normalized spacial score (nSPS) is 14.4. The highest BCUT2D eigenvalue weighted by molar-refractivity contribution is 5.73. The molecule has 0 heterocycles. The number of nitrogens with one attached hydrogen (secondary N) is 1. The van der Waals surface area contributed by atoms with Gasteiger partial charge in [0.05, 0.1) is 13.0 Å². The molecule has 0 aromatic heterocycles. The van der Waals surface area contributed by atoms with Gasteiger partial charge in [-0.1, -0.05) is 44.2 Å². The van der Waals surface area contributed by atoms with Crippen LogP contribution in [-0.2, 0) is 9.53 Å². The number of carbonyl (C=O) groups is 1. The highest BCUT2D eigenvalue weighted by Gasteiger charge is 2.31. The van der Waals surface area contributed by atoms with Gasteiger partial charge in [-0.15, -0.1) is 0 Å². The molecule has 1 rings (SSSR count). The summed E-state index contributed by atoms with van der Waals surface area (Å²) in [6.07, 6.45) is 0. The summed E-state index contributed by atoms with van der Waals surface area (Å²) in [4.78, 5) is 11.9. The van der Waals surface area contributed by atoms with Gasteiger partial charge in [-0.25, -0.2) is 0 Å². The lowest BCUT2D eigenvalue weighted by Crippen LogP contribution is -2.35. The average molecular weight is 235 g/mol. The van der Waals surface area contributed by atoms with E-state index >= 15 is 0 Å². The maximum Gasteiger partial charge on any atom is 0.310 e. The molecule has 0 spiro atoms. The maximum absolute atomic E-state index is 11.9. The summed E-state index contributed by atoms with van der Waals surface area (Å²) in [5.41, 5.74) is 1.11. The molecule has 1 aromatic carbocycles. The second kappa shape index (κ2) is 6.40. The van der Waals surface area contributed by atoms with Crippen molar-refractivity contribution in [1.29, 1.82) is 0 Å². The van der Waals surface area contributed by atoms with Gasteiger partial charge >= 0.3 is 5.97 Å². The van der Waals surface area contributed by atoms with Crippen LogP contribution in [0.25, 0.3) is 0 Å². The zero-order valence-corrected chi connectivity index (χ0v) is 10.9. The van der Waals surface area contributed by atoms with Crippen molar-refractivity contribution < 1.29 is 9.53 Å². The summed E-state index contributed by atoms with van der Waals surface area (Å²) < 4.78 is 4.90. The fraction of sp³-hybridized carbons (Fsp3) is 0.500. The molecular weight excluding hydrogens is 214 g/mol. The van der Waals surface area contributed by atoms with Crippen LogP contribution in [0.15, 0.2) is 30.3 Å². The quantitative estimate of drug-likeness (QED) is 0.796. The van der Waals surface area contributed by atoms with Crippen molar-refractivity contribution in [2.24, 2.45) is 11.8 Å². The Morgan fingerprint density at radius 3 is 2.24 bits per heavy atom. The van der Waals surface area contributed by atoms with Crippen LogP contribution in [0.1, 0.15) is 25.5 Å². The molecule has 0 radical (unpaired) electrons. The van der Waals surface area contributed by atoms with Gasteiger partial charge in [0.2, 0.25) is 0 Å². The number of rotatable bonds is 5. The van der Waals surface area contributed by atoms with Crippen LogP contribution in [0.2, 0.25) is 0 Å². The number of esters is 1. The smallest absolute Gasteiger partial charge is 0.310 e. The van der Waals surface area contributed by atoms with E-state index in [0.717, 1.165) is 5.56 Å². The summed E-state index contributed by atoms with van der Waals surface area (Å²) in [5, 5.41) is 3.21. The molecule has 0 saturated carbocycles. The molecule has 0 saturated heterocycles. The Labute approximate surface area is 103 Å². The summed E-state index contributed by atoms with van der Waals surface area (Å²) in [6, 6.07) is 9.98. The highest BCUT2D eigenvalue weighted by Crippen LogP contribution is 2.28. The van der Waals surface area contributed by atoms with Gasteiger partial charge in [0.25, 0.3) is 0 Å². The standard InChI is InChI=1S/C14H21NO2/c1-10(2)12(14(16)17-4)13(15-3)11-8-6-5-7-9-11/h5-10,12-13,15H,1-4H3. The van der Waals surface area contributed by atoms with Gasteiger partial charge in [-0.3, -0.25) is 4.79 Å². The summed E-state index contributed by atoms with van der Waals surface area (Å²) >= 11 is 0. The summed E-state index contributed by atoms with van der Waals surface area (Å²) in [5.74, 6) is -0.115. The van der Waals surface area contributed by atoms with Crippen molar-refractivity contribution in [3.05, 3.63) is 35.9 Å². The number of methoxy groups -OCH3 is 1. The van der Waals surface area contributed by atoms with E-state index in [2.05, 4.69) is 5.32 Å². The first-order valence-corrected chi connectivity index (χ1v) is 5.91. The molecule has 0 fully saturated rings. The largest absolute Gasteiger partial charge is 0.469 e. The van der Waals surface area contributed by atoms with E-state index in [-0.39, 0.29) is 23.8 Å². The molecule has 2 unspecified atom stereocenters. The third-order valence-corrected chi connectivity index (χ3v) is 3.02. The summed E-state index contributed by atoms with van der Waals surface area (Å²) in [7, 11) is 3.31. The van der Waals surface area contributed by atoms with Crippen molar-refractivity contribution in [3.8, 4) is 0 Å². The first-order chi connectivity index (χ1) is 8.11. The predicted octanol–water partition coefficient (Wildman–Crippen LogP) is 2.39. The predicted molar refractivity (Wildman–Crippen MR) is 68.6 cm³/mol. The first-order valence-electron chi connectivity index (χ1n) is 5.91. The molecule has 0 amide bonds. The zero-order valence-electron chi connectivity index (χ0n) is 10.9. The maximum atomic E-state index is 11.9. The lowest BCUT2D eigenvalue weighted by molar-refractivity contribution is -0.148. The number of carbonyl (C=O) groups excluding carboxylic acids is 1. The van der Waals surface area contributed by atoms with E-state index in [9.17, 15) is 4.79 Å². The average Bonchev–Trinajstić information content (AvgIpc) is 2.35. The first kappa shape index (κ1) is 13.7. The third kappa shape index (κ3) is 3.30. The highest BCUT2D eigenvalue weighted by atomic mass is 16.5. The van der Waals surface area contributed by atoms with Gasteiger partial charge < -0.3 is 10.1 Å². The molecule has 1 aromatic rings. The van der Waals surface area contributed by atoms with Crippen LogP contribution >= 0.6 is 0 Å². The van der Waals surface area contributed by atoms with E-state index in [1.807, 2.05) is 51.2 Å². The van der Waals surface area contributed by atoms with Crippen LogP contribution in [0.5, 0.6) is 0 Å². The third-order valence-electron chi connectivity index (χ3n) is 3.02. The molecule has 2 atom stereocenters. The Hall–Kier alpha value is -1.35. The minimum absolute atomic E-state index is 0.0105. The molecule has 3 nitrogen and oxygen atoms in total. The molecule has 0 aliphatic heterocycles. The lowest BCUT2D eigenvalue weighted by atomic mass is 9.84. The SMILES string of the molecule is CNC(c1ccccc1)C(C(=O)OC)C(C)C. The van der Waals surface area contributed by atoms with Crippen molar-refractivity contribution >= 4 is 5.97 Å². The minimum atomic E-state index is -0.174. The topological polar surface area (TPSA) is 38.3 Å². The van der Waals surface area contributed by atoms with Gasteiger partial charge in [-0.2, -0.15) is 0 Å². The Morgan fingerprint density at radius 1 is 1.24 bits per heavy atom. The zero-order chi connectivity index (χ0) is 12.8. The Bertz CT molecular complexity index is 348. The van der Waals surface area contributed by atoms with E-state index < -0.39 is 0 Å². The monoisotopic (exact) mass is 235 g/mol. The van der Waals surface area contributed by atoms with Crippen LogP contribution in [-0.4, -0.2) is 20.1 Å². The molecule has 3 heteroatoms. The van der Waals surface area contributed by atoms with E-state index in [1.165, 1.54) is 7.11 Å². The Kier molecular flexibility index (Phi) is 5.16. The second-order valence-corrected chi connectivity index (χ2v) is 4.47. The van der Waals surface area contributed by atoms with E-state index in [1.54, 1.807) is 0 Å². The molecule has 17 heavy (non-hydrogen) atoms. The molecular formula is C14H21NO2. The van der Waals surface area contributed by atoms with Crippen LogP contribution in [0.4, 0.5) is 0 Å². The number of ether oxygens (including phenoxy) is 1. The van der Waals surface area contributed by atoms with Crippen LogP contribution < -0.4 is 5.32 Å². The lowest BCUT2D eigenvalue weighted by Gasteiger charge is -2.28.